The molecule has 5 rings (SSSR count). The first-order valence-corrected chi connectivity index (χ1v) is 13.1. The van der Waals surface area contributed by atoms with Crippen LogP contribution in [0.2, 0.25) is 0 Å². The molecule has 38 heavy (non-hydrogen) atoms. The fourth-order valence-corrected chi connectivity index (χ4v) is 5.52. The smallest absolute Gasteiger partial charge is 0.258 e. The Morgan fingerprint density at radius 3 is 2.82 bits per heavy atom. The first kappa shape index (κ1) is 26.7. The van der Waals surface area contributed by atoms with E-state index in [0.29, 0.717) is 5.69 Å². The standard InChI is InChI=1S/C24H22BrF2N5O5S/c1-31(11-3-6-14-17(7-11)38-10-28-14)24(35)23-22(36-2)20(21(34)16(9-33)37-23)32-8-15(29-30-32)12-4-5-13(25)19(27)18(12)26/h3-8,10,16,20-23,33-34H,9H2,1-2H3/t16-,20+,21+,22-,23-/m1/s1. The van der Waals surface area contributed by atoms with Crippen LogP contribution >= 0.6 is 27.3 Å². The van der Waals surface area contributed by atoms with Crippen molar-refractivity contribution in [2.24, 2.45) is 0 Å². The number of aliphatic hydroxyl groups excluding tert-OH is 2. The van der Waals surface area contributed by atoms with E-state index in [1.165, 1.54) is 46.4 Å². The van der Waals surface area contributed by atoms with Gasteiger partial charge in [-0.15, -0.1) is 16.4 Å². The molecule has 1 saturated heterocycles. The Labute approximate surface area is 227 Å². The van der Waals surface area contributed by atoms with Gasteiger partial charge in [0.05, 0.1) is 33.0 Å². The number of rotatable bonds is 6. The largest absolute Gasteiger partial charge is 0.394 e. The number of fused-ring (bicyclic) bond motifs is 1. The maximum Gasteiger partial charge on any atom is 0.258 e. The van der Waals surface area contributed by atoms with Gasteiger partial charge in [0, 0.05) is 25.4 Å². The summed E-state index contributed by atoms with van der Waals surface area (Å²) in [5.74, 6) is -2.69. The fraction of sp³-hybridized carbons (Fsp3) is 0.333. The number of benzene rings is 2. The Morgan fingerprint density at radius 1 is 1.29 bits per heavy atom. The first-order chi connectivity index (χ1) is 18.2. The number of methoxy groups -OCH3 is 1. The van der Waals surface area contributed by atoms with Crippen LogP contribution in [0, 0.1) is 11.6 Å². The molecule has 1 fully saturated rings. The van der Waals surface area contributed by atoms with Crippen molar-refractivity contribution in [1.29, 1.82) is 0 Å². The van der Waals surface area contributed by atoms with Crippen LogP contribution < -0.4 is 4.90 Å². The topological polar surface area (TPSA) is 123 Å². The Kier molecular flexibility index (Phi) is 7.53. The molecule has 0 spiro atoms. The quantitative estimate of drug-likeness (QED) is 0.320. The van der Waals surface area contributed by atoms with Gasteiger partial charge in [-0.25, -0.2) is 18.4 Å². The summed E-state index contributed by atoms with van der Waals surface area (Å²) >= 11 is 4.37. The third-order valence-electron chi connectivity index (χ3n) is 6.54. The van der Waals surface area contributed by atoms with Crippen LogP contribution in [-0.4, -0.2) is 81.3 Å². The molecule has 200 valence electrons. The van der Waals surface area contributed by atoms with Crippen molar-refractivity contribution < 1.29 is 33.3 Å². The lowest BCUT2D eigenvalue weighted by molar-refractivity contribution is -0.211. The highest BCUT2D eigenvalue weighted by Gasteiger charge is 2.50. The highest BCUT2D eigenvalue weighted by atomic mass is 79.9. The Balaban J connectivity index is 1.48. The Morgan fingerprint density at radius 2 is 2.08 bits per heavy atom. The van der Waals surface area contributed by atoms with Crippen LogP contribution in [0.4, 0.5) is 14.5 Å². The average molecular weight is 610 g/mol. The molecule has 5 atom stereocenters. The van der Waals surface area contributed by atoms with E-state index in [9.17, 15) is 23.8 Å². The molecule has 10 nitrogen and oxygen atoms in total. The second-order valence-electron chi connectivity index (χ2n) is 8.67. The normalized spacial score (nSPS) is 23.6. The molecule has 0 aliphatic carbocycles. The number of nitrogens with zero attached hydrogens (tertiary/aromatic N) is 5. The van der Waals surface area contributed by atoms with Crippen LogP contribution in [0.15, 0.2) is 46.5 Å². The maximum atomic E-state index is 14.6. The van der Waals surface area contributed by atoms with Crippen molar-refractivity contribution in [3.05, 3.63) is 58.1 Å². The predicted molar refractivity (Wildman–Crippen MR) is 138 cm³/mol. The van der Waals surface area contributed by atoms with Gasteiger partial charge in [-0.2, -0.15) is 0 Å². The van der Waals surface area contributed by atoms with E-state index in [4.69, 9.17) is 9.47 Å². The molecule has 2 aromatic heterocycles. The maximum absolute atomic E-state index is 14.6. The molecule has 2 aromatic carbocycles. The van der Waals surface area contributed by atoms with Crippen molar-refractivity contribution in [3.8, 4) is 11.3 Å². The van der Waals surface area contributed by atoms with Gasteiger partial charge in [0.2, 0.25) is 0 Å². The predicted octanol–water partition coefficient (Wildman–Crippen LogP) is 2.94. The second-order valence-corrected chi connectivity index (χ2v) is 10.4. The van der Waals surface area contributed by atoms with Crippen molar-refractivity contribution >= 4 is 49.1 Å². The van der Waals surface area contributed by atoms with Crippen LogP contribution in [0.25, 0.3) is 21.5 Å². The lowest BCUT2D eigenvalue weighted by Crippen LogP contribution is -2.60. The van der Waals surface area contributed by atoms with Gasteiger partial charge in [0.25, 0.3) is 5.91 Å². The number of carbonyl (C=O) groups is 1. The van der Waals surface area contributed by atoms with E-state index >= 15 is 0 Å². The molecule has 3 heterocycles. The molecule has 0 saturated carbocycles. The summed E-state index contributed by atoms with van der Waals surface area (Å²) < 4.78 is 42.2. The summed E-state index contributed by atoms with van der Waals surface area (Å²) in [6.07, 6.45) is -3.53. The highest BCUT2D eigenvalue weighted by molar-refractivity contribution is 9.10. The van der Waals surface area contributed by atoms with Gasteiger partial charge in [-0.05, 0) is 46.3 Å². The number of carbonyl (C=O) groups excluding carboxylic acids is 1. The number of anilines is 1. The van der Waals surface area contributed by atoms with Crippen molar-refractivity contribution in [2.45, 2.75) is 30.5 Å². The third kappa shape index (κ3) is 4.61. The lowest BCUT2D eigenvalue weighted by Gasteiger charge is -2.43. The van der Waals surface area contributed by atoms with Gasteiger partial charge in [-0.1, -0.05) is 5.21 Å². The van der Waals surface area contributed by atoms with Gasteiger partial charge in [-0.3, -0.25) is 4.79 Å². The summed E-state index contributed by atoms with van der Waals surface area (Å²) in [6, 6.07) is 6.98. The Hall–Kier alpha value is -2.88. The summed E-state index contributed by atoms with van der Waals surface area (Å²) in [5, 5.41) is 28.9. The summed E-state index contributed by atoms with van der Waals surface area (Å²) in [5.41, 5.74) is 2.96. The minimum absolute atomic E-state index is 0.000785. The molecule has 0 unspecified atom stereocenters. The number of aliphatic hydroxyl groups is 2. The molecule has 1 aliphatic rings. The number of aromatic nitrogens is 4. The van der Waals surface area contributed by atoms with E-state index in [2.05, 4.69) is 31.2 Å². The average Bonchev–Trinajstić information content (AvgIpc) is 3.60. The molecule has 1 aliphatic heterocycles. The van der Waals surface area contributed by atoms with Crippen LogP contribution in [0.1, 0.15) is 6.04 Å². The number of likely N-dealkylation sites (N-methyl/N-ethyl adjacent to an activating group) is 1. The van der Waals surface area contributed by atoms with Crippen molar-refractivity contribution in [3.63, 3.8) is 0 Å². The van der Waals surface area contributed by atoms with Crippen LogP contribution in [0.3, 0.4) is 0 Å². The molecule has 14 heteroatoms. The first-order valence-electron chi connectivity index (χ1n) is 11.4. The lowest BCUT2D eigenvalue weighted by atomic mass is 9.91. The van der Waals surface area contributed by atoms with Gasteiger partial charge >= 0.3 is 0 Å². The monoisotopic (exact) mass is 609 g/mol. The van der Waals surface area contributed by atoms with Crippen LogP contribution in [-0.2, 0) is 14.3 Å². The molecule has 2 N–H and O–H groups in total. The zero-order valence-corrected chi connectivity index (χ0v) is 22.4. The molecule has 4 aromatic rings. The zero-order chi connectivity index (χ0) is 27.1. The number of hydrogen-bond donors (Lipinski definition) is 2. The highest BCUT2D eigenvalue weighted by Crippen LogP contribution is 2.35. The summed E-state index contributed by atoms with van der Waals surface area (Å²) in [4.78, 5) is 19.3. The minimum Gasteiger partial charge on any atom is -0.394 e. The molecule has 0 bridgehead atoms. The number of halogens is 3. The minimum atomic E-state index is -1.37. The SMILES string of the molecule is CO[C@@H]1[C@@H](n2cc(-c3ccc(Br)c(F)c3F)nn2)[C@@H](O)[C@@H](CO)O[C@H]1C(=O)N(C)c1ccc2ncsc2c1. The van der Waals surface area contributed by atoms with Gasteiger partial charge in [0.15, 0.2) is 17.7 Å². The van der Waals surface area contributed by atoms with E-state index < -0.39 is 54.6 Å². The Bertz CT molecular complexity index is 1490. The van der Waals surface area contributed by atoms with E-state index in [0.717, 1.165) is 10.2 Å². The molecular formula is C24H22BrF2N5O5S. The fourth-order valence-electron chi connectivity index (χ4n) is 4.50. The number of amides is 1. The van der Waals surface area contributed by atoms with E-state index in [1.54, 1.807) is 24.7 Å². The summed E-state index contributed by atoms with van der Waals surface area (Å²) in [7, 11) is 2.92. The number of thiazole rings is 1. The molecular weight excluding hydrogens is 588 g/mol. The number of ether oxygens (including phenoxy) is 2. The van der Waals surface area contributed by atoms with Gasteiger partial charge < -0.3 is 24.6 Å². The van der Waals surface area contributed by atoms with Gasteiger partial charge in [0.1, 0.15) is 30.0 Å². The summed E-state index contributed by atoms with van der Waals surface area (Å²) in [6.45, 7) is -0.595. The second kappa shape index (κ2) is 10.7. The number of hydrogen-bond acceptors (Lipinski definition) is 9. The van der Waals surface area contributed by atoms with E-state index in [1.807, 2.05) is 6.07 Å². The third-order valence-corrected chi connectivity index (χ3v) is 7.95. The van der Waals surface area contributed by atoms with Crippen molar-refractivity contribution in [2.75, 3.05) is 25.7 Å². The van der Waals surface area contributed by atoms with Crippen molar-refractivity contribution in [1.82, 2.24) is 20.0 Å². The molecule has 0 radical (unpaired) electrons. The van der Waals surface area contributed by atoms with Crippen LogP contribution in [0.5, 0.6) is 0 Å². The zero-order valence-electron chi connectivity index (χ0n) is 20.0. The van der Waals surface area contributed by atoms with E-state index in [-0.39, 0.29) is 15.7 Å². The molecule has 1 amide bonds.